The van der Waals surface area contributed by atoms with Crippen molar-refractivity contribution in [1.29, 1.82) is 0 Å². The average Bonchev–Trinajstić information content (AvgIpc) is 2.29. The van der Waals surface area contributed by atoms with Crippen LogP contribution in [0.15, 0.2) is 24.3 Å². The van der Waals surface area contributed by atoms with E-state index in [2.05, 4.69) is 29.7 Å². The predicted molar refractivity (Wildman–Crippen MR) is 67.8 cm³/mol. The summed E-state index contributed by atoms with van der Waals surface area (Å²) in [6, 6.07) is 8.72. The largest absolute Gasteiger partial charge is 0.494 e. The smallest absolute Gasteiger partial charge is 0.119 e. The molecule has 3 nitrogen and oxygen atoms in total. The fourth-order valence-electron chi connectivity index (χ4n) is 1.54. The second kappa shape index (κ2) is 7.25. The van der Waals surface area contributed by atoms with Gasteiger partial charge in [0.15, 0.2) is 0 Å². The Hall–Kier alpha value is -1.06. The minimum Gasteiger partial charge on any atom is -0.494 e. The molecule has 1 unspecified atom stereocenters. The Morgan fingerprint density at radius 1 is 1.25 bits per heavy atom. The summed E-state index contributed by atoms with van der Waals surface area (Å²) in [7, 11) is 1.97. The molecule has 2 N–H and O–H groups in total. The molecule has 90 valence electrons. The van der Waals surface area contributed by atoms with Gasteiger partial charge in [0.1, 0.15) is 5.75 Å². The van der Waals surface area contributed by atoms with E-state index in [1.54, 1.807) is 0 Å². The second-order valence-electron chi connectivity index (χ2n) is 3.92. The van der Waals surface area contributed by atoms with Crippen LogP contribution in [-0.4, -0.2) is 26.2 Å². The van der Waals surface area contributed by atoms with Crippen molar-refractivity contribution >= 4 is 0 Å². The Balaban J connectivity index is 2.37. The van der Waals surface area contributed by atoms with E-state index in [1.807, 2.05) is 26.1 Å². The Labute approximate surface area is 98.2 Å². The maximum atomic E-state index is 5.39. The Bertz CT molecular complexity index is 284. The summed E-state index contributed by atoms with van der Waals surface area (Å²) in [5.41, 5.74) is 1.28. The van der Waals surface area contributed by atoms with Gasteiger partial charge >= 0.3 is 0 Å². The molecule has 0 spiro atoms. The van der Waals surface area contributed by atoms with E-state index >= 15 is 0 Å². The van der Waals surface area contributed by atoms with Gasteiger partial charge in [-0.25, -0.2) is 0 Å². The van der Waals surface area contributed by atoms with Crippen LogP contribution < -0.4 is 15.4 Å². The molecule has 0 amide bonds. The van der Waals surface area contributed by atoms with E-state index in [0.717, 1.165) is 25.4 Å². The van der Waals surface area contributed by atoms with Crippen LogP contribution in [0.25, 0.3) is 0 Å². The van der Waals surface area contributed by atoms with Crippen LogP contribution in [0.4, 0.5) is 0 Å². The normalized spacial score (nSPS) is 12.4. The van der Waals surface area contributed by atoms with Crippen LogP contribution in [0.5, 0.6) is 5.75 Å². The molecule has 1 aromatic carbocycles. The molecule has 0 aromatic heterocycles. The van der Waals surface area contributed by atoms with Crippen LogP contribution in [-0.2, 0) is 6.54 Å². The van der Waals surface area contributed by atoms with Gasteiger partial charge in [0.25, 0.3) is 0 Å². The molecular weight excluding hydrogens is 200 g/mol. The van der Waals surface area contributed by atoms with E-state index < -0.39 is 0 Å². The molecule has 0 bridgehead atoms. The monoisotopic (exact) mass is 222 g/mol. The van der Waals surface area contributed by atoms with Crippen LogP contribution in [0.1, 0.15) is 19.4 Å². The molecule has 3 heteroatoms. The van der Waals surface area contributed by atoms with Crippen molar-refractivity contribution in [2.75, 3.05) is 20.2 Å². The number of nitrogens with one attached hydrogen (secondary N) is 2. The first kappa shape index (κ1) is 13.0. The summed E-state index contributed by atoms with van der Waals surface area (Å²) in [6.45, 7) is 6.77. The van der Waals surface area contributed by atoms with Gasteiger partial charge in [-0.2, -0.15) is 0 Å². The summed E-state index contributed by atoms with van der Waals surface area (Å²) < 4.78 is 5.39. The van der Waals surface area contributed by atoms with Crippen molar-refractivity contribution in [1.82, 2.24) is 10.6 Å². The highest BCUT2D eigenvalue weighted by molar-refractivity contribution is 5.27. The van der Waals surface area contributed by atoms with Gasteiger partial charge in [-0.1, -0.05) is 12.1 Å². The van der Waals surface area contributed by atoms with E-state index in [-0.39, 0.29) is 0 Å². The van der Waals surface area contributed by atoms with E-state index in [0.29, 0.717) is 6.04 Å². The lowest BCUT2D eigenvalue weighted by molar-refractivity contribution is 0.340. The molecule has 1 aromatic rings. The molecule has 0 aliphatic rings. The van der Waals surface area contributed by atoms with Crippen LogP contribution in [0.3, 0.4) is 0 Å². The minimum atomic E-state index is 0.483. The summed E-state index contributed by atoms with van der Waals surface area (Å²) >= 11 is 0. The molecular formula is C13H22N2O. The van der Waals surface area contributed by atoms with Gasteiger partial charge in [0, 0.05) is 19.1 Å². The van der Waals surface area contributed by atoms with Crippen molar-refractivity contribution in [2.24, 2.45) is 0 Å². The lowest BCUT2D eigenvalue weighted by Crippen LogP contribution is -2.34. The first-order valence-electron chi connectivity index (χ1n) is 5.86. The number of hydrogen-bond acceptors (Lipinski definition) is 3. The molecule has 1 atom stereocenters. The highest BCUT2D eigenvalue weighted by Crippen LogP contribution is 2.11. The summed E-state index contributed by atoms with van der Waals surface area (Å²) in [5.74, 6) is 0.939. The van der Waals surface area contributed by atoms with Crippen molar-refractivity contribution in [3.8, 4) is 5.75 Å². The van der Waals surface area contributed by atoms with Gasteiger partial charge in [0.05, 0.1) is 6.61 Å². The lowest BCUT2D eigenvalue weighted by Gasteiger charge is -2.13. The van der Waals surface area contributed by atoms with Crippen LogP contribution in [0.2, 0.25) is 0 Å². The second-order valence-corrected chi connectivity index (χ2v) is 3.92. The standard InChI is InChI=1S/C13H22N2O/c1-4-16-13-7-5-12(6-8-13)10-15-11(2)9-14-3/h5-8,11,14-15H,4,9-10H2,1-3H3. The molecule has 16 heavy (non-hydrogen) atoms. The maximum Gasteiger partial charge on any atom is 0.119 e. The third kappa shape index (κ3) is 4.64. The third-order valence-corrected chi connectivity index (χ3v) is 2.40. The van der Waals surface area contributed by atoms with E-state index in [9.17, 15) is 0 Å². The van der Waals surface area contributed by atoms with Crippen molar-refractivity contribution in [3.05, 3.63) is 29.8 Å². The molecule has 0 aliphatic carbocycles. The topological polar surface area (TPSA) is 33.3 Å². The summed E-state index contributed by atoms with van der Waals surface area (Å²) in [6.07, 6.45) is 0. The Morgan fingerprint density at radius 3 is 2.50 bits per heavy atom. The zero-order chi connectivity index (χ0) is 11.8. The fraction of sp³-hybridized carbons (Fsp3) is 0.538. The molecule has 0 saturated carbocycles. The highest BCUT2D eigenvalue weighted by Gasteiger charge is 1.99. The zero-order valence-electron chi connectivity index (χ0n) is 10.4. The first-order valence-corrected chi connectivity index (χ1v) is 5.86. The molecule has 0 fully saturated rings. The van der Waals surface area contributed by atoms with Gasteiger partial charge in [-0.05, 0) is 38.6 Å². The molecule has 0 heterocycles. The van der Waals surface area contributed by atoms with Crippen LogP contribution in [0, 0.1) is 0 Å². The molecule has 0 radical (unpaired) electrons. The number of benzene rings is 1. The Kier molecular flexibility index (Phi) is 5.90. The number of hydrogen-bond donors (Lipinski definition) is 2. The van der Waals surface area contributed by atoms with Gasteiger partial charge < -0.3 is 15.4 Å². The van der Waals surface area contributed by atoms with Crippen molar-refractivity contribution in [3.63, 3.8) is 0 Å². The number of rotatable bonds is 7. The lowest BCUT2D eigenvalue weighted by atomic mass is 10.2. The van der Waals surface area contributed by atoms with Gasteiger partial charge in [-0.15, -0.1) is 0 Å². The highest BCUT2D eigenvalue weighted by atomic mass is 16.5. The summed E-state index contributed by atoms with van der Waals surface area (Å²) in [5, 5.41) is 6.60. The number of ether oxygens (including phenoxy) is 1. The fourth-order valence-corrected chi connectivity index (χ4v) is 1.54. The van der Waals surface area contributed by atoms with E-state index in [4.69, 9.17) is 4.74 Å². The minimum absolute atomic E-state index is 0.483. The van der Waals surface area contributed by atoms with E-state index in [1.165, 1.54) is 5.56 Å². The first-order chi connectivity index (χ1) is 7.76. The quantitative estimate of drug-likeness (QED) is 0.738. The van der Waals surface area contributed by atoms with Crippen molar-refractivity contribution in [2.45, 2.75) is 26.4 Å². The Morgan fingerprint density at radius 2 is 1.94 bits per heavy atom. The molecule has 1 rings (SSSR count). The molecule has 0 saturated heterocycles. The van der Waals surface area contributed by atoms with Crippen molar-refractivity contribution < 1.29 is 4.74 Å². The SMILES string of the molecule is CCOc1ccc(CNC(C)CNC)cc1. The predicted octanol–water partition coefficient (Wildman–Crippen LogP) is 1.78. The van der Waals surface area contributed by atoms with Gasteiger partial charge in [-0.3, -0.25) is 0 Å². The van der Waals surface area contributed by atoms with Gasteiger partial charge in [0.2, 0.25) is 0 Å². The molecule has 0 aliphatic heterocycles. The maximum absolute atomic E-state index is 5.39. The number of likely N-dealkylation sites (N-methyl/N-ethyl adjacent to an activating group) is 1. The summed E-state index contributed by atoms with van der Waals surface area (Å²) in [4.78, 5) is 0. The zero-order valence-corrected chi connectivity index (χ0v) is 10.4. The van der Waals surface area contributed by atoms with Crippen LogP contribution >= 0.6 is 0 Å². The average molecular weight is 222 g/mol. The third-order valence-electron chi connectivity index (χ3n) is 2.40.